The molecule has 34 heavy (non-hydrogen) atoms. The molecule has 3 saturated heterocycles. The molecule has 0 aromatic heterocycles. The number of hydrogen-bond donors (Lipinski definition) is 0. The van der Waals surface area contributed by atoms with E-state index in [2.05, 4.69) is 47.9 Å². The fraction of sp³-hybridized carbons (Fsp3) is 0.714. The molecule has 0 bridgehead atoms. The first-order chi connectivity index (χ1) is 16.6. The maximum Gasteiger partial charge on any atom is 0.410 e. The number of aryl methyl sites for hydroxylation is 1. The molecule has 0 aliphatic carbocycles. The van der Waals surface area contributed by atoms with Crippen LogP contribution in [0.25, 0.3) is 0 Å². The highest BCUT2D eigenvalue weighted by atomic mass is 16.6. The summed E-state index contributed by atoms with van der Waals surface area (Å²) in [6.07, 6.45) is 10.6. The summed E-state index contributed by atoms with van der Waals surface area (Å²) in [5.41, 5.74) is 2.55. The first kappa shape index (κ1) is 25.2. The first-order valence-corrected chi connectivity index (χ1v) is 13.5. The van der Waals surface area contributed by atoms with Crippen molar-refractivity contribution in [2.24, 2.45) is 0 Å². The number of nitrogens with zero attached hydrogens (tertiary/aromatic N) is 3. The third-order valence-corrected chi connectivity index (χ3v) is 8.21. The Morgan fingerprint density at radius 3 is 2.65 bits per heavy atom. The lowest BCUT2D eigenvalue weighted by atomic mass is 9.90. The minimum absolute atomic E-state index is 0.157. The maximum atomic E-state index is 13.1. The summed E-state index contributed by atoms with van der Waals surface area (Å²) in [4.78, 5) is 31.2. The van der Waals surface area contributed by atoms with Gasteiger partial charge in [-0.3, -0.25) is 4.90 Å². The number of rotatable bonds is 7. The number of likely N-dealkylation sites (tertiary alicyclic amines) is 3. The fourth-order valence-corrected chi connectivity index (χ4v) is 6.37. The smallest absolute Gasteiger partial charge is 0.410 e. The lowest BCUT2D eigenvalue weighted by molar-refractivity contribution is -0.108. The van der Waals surface area contributed by atoms with Crippen LogP contribution in [0.15, 0.2) is 24.3 Å². The molecule has 0 radical (unpaired) electrons. The molecule has 4 atom stereocenters. The van der Waals surface area contributed by atoms with E-state index in [0.29, 0.717) is 25.6 Å². The Hall–Kier alpha value is -1.92. The number of ether oxygens (including phenoxy) is 1. The molecule has 3 fully saturated rings. The van der Waals surface area contributed by atoms with Gasteiger partial charge in [-0.25, -0.2) is 4.79 Å². The molecular formula is C28H43N3O3. The van der Waals surface area contributed by atoms with Crippen LogP contribution >= 0.6 is 0 Å². The predicted octanol–water partition coefficient (Wildman–Crippen LogP) is 4.96. The Labute approximate surface area is 205 Å². The van der Waals surface area contributed by atoms with E-state index < -0.39 is 0 Å². The molecule has 1 aromatic rings. The molecule has 1 amide bonds. The molecule has 3 aliphatic heterocycles. The quantitative estimate of drug-likeness (QED) is 0.529. The number of hydrogen-bond acceptors (Lipinski definition) is 5. The average Bonchev–Trinajstić information content (AvgIpc) is 2.86. The highest BCUT2D eigenvalue weighted by molar-refractivity contribution is 5.68. The molecule has 0 spiro atoms. The summed E-state index contributed by atoms with van der Waals surface area (Å²) in [5.74, 6) is 0. The van der Waals surface area contributed by atoms with Crippen molar-refractivity contribution in [3.63, 3.8) is 0 Å². The van der Waals surface area contributed by atoms with E-state index in [4.69, 9.17) is 4.74 Å². The van der Waals surface area contributed by atoms with Gasteiger partial charge in [0.25, 0.3) is 0 Å². The van der Waals surface area contributed by atoms with Crippen molar-refractivity contribution >= 4 is 12.4 Å². The molecule has 6 heteroatoms. The van der Waals surface area contributed by atoms with Gasteiger partial charge in [-0.05, 0) is 77.4 Å². The van der Waals surface area contributed by atoms with Crippen LogP contribution in [0.1, 0.15) is 81.9 Å². The minimum atomic E-state index is -0.169. The first-order valence-electron chi connectivity index (χ1n) is 13.5. The standard InChI is InChI=1S/C28H43N3O3/c1-22-9-6-10-24(19-22)27-12-7-11-26(31(27)16-8-18-32)21-34-28(33)30-17-13-25(20-23(30)2)29-14-4-3-5-15-29/h6,9-10,18-19,23,25-27H,3-5,7-8,11-17,20-21H2,1-2H3/t23?,25?,26-,27+/m1/s1. The van der Waals surface area contributed by atoms with Crippen molar-refractivity contribution in [3.05, 3.63) is 35.4 Å². The Bertz CT molecular complexity index is 810. The van der Waals surface area contributed by atoms with Gasteiger partial charge < -0.3 is 19.3 Å². The Morgan fingerprint density at radius 1 is 1.09 bits per heavy atom. The number of aldehydes is 1. The van der Waals surface area contributed by atoms with E-state index in [0.717, 1.165) is 44.9 Å². The van der Waals surface area contributed by atoms with Gasteiger partial charge in [0.2, 0.25) is 0 Å². The van der Waals surface area contributed by atoms with E-state index >= 15 is 0 Å². The third-order valence-electron chi connectivity index (χ3n) is 8.21. The molecule has 0 N–H and O–H groups in total. The fourth-order valence-electron chi connectivity index (χ4n) is 6.37. The largest absolute Gasteiger partial charge is 0.448 e. The Kier molecular flexibility index (Phi) is 9.01. The zero-order valence-electron chi connectivity index (χ0n) is 21.2. The topological polar surface area (TPSA) is 53.1 Å². The molecule has 0 saturated carbocycles. The summed E-state index contributed by atoms with van der Waals surface area (Å²) in [6, 6.07) is 9.92. The second-order valence-electron chi connectivity index (χ2n) is 10.6. The van der Waals surface area contributed by atoms with Gasteiger partial charge in [0.05, 0.1) is 0 Å². The molecule has 3 heterocycles. The summed E-state index contributed by atoms with van der Waals surface area (Å²) in [5, 5.41) is 0. The number of carbonyl (C=O) groups is 2. The van der Waals surface area contributed by atoms with Crippen molar-refractivity contribution in [3.8, 4) is 0 Å². The monoisotopic (exact) mass is 469 g/mol. The highest BCUT2D eigenvalue weighted by Crippen LogP contribution is 2.35. The van der Waals surface area contributed by atoms with Crippen LogP contribution in [-0.2, 0) is 9.53 Å². The Balaban J connectivity index is 1.34. The van der Waals surface area contributed by atoms with Gasteiger partial charge in [-0.2, -0.15) is 0 Å². The van der Waals surface area contributed by atoms with Crippen LogP contribution in [0, 0.1) is 6.92 Å². The van der Waals surface area contributed by atoms with Crippen LogP contribution < -0.4 is 0 Å². The molecule has 188 valence electrons. The Morgan fingerprint density at radius 2 is 1.91 bits per heavy atom. The van der Waals surface area contributed by atoms with Crippen molar-refractivity contribution in [1.82, 2.24) is 14.7 Å². The van der Waals surface area contributed by atoms with Crippen molar-refractivity contribution in [2.75, 3.05) is 32.8 Å². The van der Waals surface area contributed by atoms with Crippen LogP contribution in [0.5, 0.6) is 0 Å². The third kappa shape index (κ3) is 6.19. The van der Waals surface area contributed by atoms with Crippen molar-refractivity contribution < 1.29 is 14.3 Å². The second-order valence-corrected chi connectivity index (χ2v) is 10.6. The van der Waals surface area contributed by atoms with Crippen molar-refractivity contribution in [1.29, 1.82) is 0 Å². The van der Waals surface area contributed by atoms with Crippen molar-refractivity contribution in [2.45, 2.75) is 95.8 Å². The van der Waals surface area contributed by atoms with Gasteiger partial charge in [-0.15, -0.1) is 0 Å². The zero-order valence-corrected chi connectivity index (χ0v) is 21.2. The summed E-state index contributed by atoms with van der Waals surface area (Å²) in [7, 11) is 0. The predicted molar refractivity (Wildman–Crippen MR) is 135 cm³/mol. The number of amides is 1. The van der Waals surface area contributed by atoms with Crippen LogP contribution in [-0.4, -0.2) is 78.0 Å². The zero-order chi connectivity index (χ0) is 23.9. The van der Waals surface area contributed by atoms with E-state index in [9.17, 15) is 9.59 Å². The van der Waals surface area contributed by atoms with Gasteiger partial charge in [0.15, 0.2) is 0 Å². The molecule has 3 aliphatic rings. The van der Waals surface area contributed by atoms with Gasteiger partial charge in [0, 0.05) is 43.7 Å². The van der Waals surface area contributed by atoms with E-state index in [-0.39, 0.29) is 24.2 Å². The van der Waals surface area contributed by atoms with E-state index in [1.807, 2.05) is 4.90 Å². The summed E-state index contributed by atoms with van der Waals surface area (Å²) < 4.78 is 5.93. The molecule has 2 unspecified atom stereocenters. The van der Waals surface area contributed by atoms with Gasteiger partial charge in [-0.1, -0.05) is 36.2 Å². The van der Waals surface area contributed by atoms with E-state index in [1.54, 1.807) is 0 Å². The van der Waals surface area contributed by atoms with Crippen LogP contribution in [0.2, 0.25) is 0 Å². The number of benzene rings is 1. The SMILES string of the molecule is Cc1cccc([C@@H]2CCC[C@H](COC(=O)N3CCC(N4CCCCC4)CC3C)N2CCC=O)c1. The highest BCUT2D eigenvalue weighted by Gasteiger charge is 2.35. The van der Waals surface area contributed by atoms with Crippen LogP contribution in [0.4, 0.5) is 4.79 Å². The second kappa shape index (κ2) is 12.2. The number of carbonyl (C=O) groups excluding carboxylic acids is 2. The average molecular weight is 470 g/mol. The molecular weight excluding hydrogens is 426 g/mol. The van der Waals surface area contributed by atoms with Gasteiger partial charge in [0.1, 0.15) is 12.9 Å². The maximum absolute atomic E-state index is 13.1. The molecule has 6 nitrogen and oxygen atoms in total. The lowest BCUT2D eigenvalue weighted by Gasteiger charge is -2.44. The van der Waals surface area contributed by atoms with Gasteiger partial charge >= 0.3 is 6.09 Å². The molecule has 1 aromatic carbocycles. The summed E-state index contributed by atoms with van der Waals surface area (Å²) >= 11 is 0. The normalized spacial score (nSPS) is 29.1. The van der Waals surface area contributed by atoms with Crippen LogP contribution in [0.3, 0.4) is 0 Å². The minimum Gasteiger partial charge on any atom is -0.448 e. The summed E-state index contributed by atoms with van der Waals surface area (Å²) in [6.45, 7) is 8.61. The lowest BCUT2D eigenvalue weighted by Crippen LogP contribution is -2.52. The number of piperidine rings is 3. The molecule has 4 rings (SSSR count). The van der Waals surface area contributed by atoms with E-state index in [1.165, 1.54) is 43.5 Å².